The van der Waals surface area contributed by atoms with E-state index in [-0.39, 0.29) is 23.9 Å². The van der Waals surface area contributed by atoms with Crippen molar-refractivity contribution >= 4 is 23.2 Å². The van der Waals surface area contributed by atoms with Crippen LogP contribution in [0.3, 0.4) is 0 Å². The minimum atomic E-state index is -0.533. The van der Waals surface area contributed by atoms with Crippen LogP contribution in [0.4, 0.5) is 11.4 Å². The van der Waals surface area contributed by atoms with Crippen LogP contribution in [0.25, 0.3) is 0 Å². The van der Waals surface area contributed by atoms with Gasteiger partial charge in [-0.05, 0) is 30.7 Å². The van der Waals surface area contributed by atoms with Gasteiger partial charge in [-0.2, -0.15) is 0 Å². The highest BCUT2D eigenvalue weighted by molar-refractivity contribution is 5.92. The Morgan fingerprint density at radius 1 is 1.19 bits per heavy atom. The van der Waals surface area contributed by atoms with Crippen molar-refractivity contribution in [1.29, 1.82) is 0 Å². The van der Waals surface area contributed by atoms with Crippen molar-refractivity contribution in [2.24, 2.45) is 0 Å². The third kappa shape index (κ3) is 5.53. The molecule has 0 radical (unpaired) electrons. The van der Waals surface area contributed by atoms with E-state index in [2.05, 4.69) is 10.6 Å². The van der Waals surface area contributed by atoms with Crippen LogP contribution in [-0.4, -0.2) is 23.8 Å². The Hall–Kier alpha value is -3.42. The summed E-state index contributed by atoms with van der Waals surface area (Å²) >= 11 is 0. The highest BCUT2D eigenvalue weighted by atomic mass is 16.6. The Kier molecular flexibility index (Phi) is 6.48. The number of nitro benzene ring substituents is 1. The molecule has 0 heterocycles. The van der Waals surface area contributed by atoms with Crippen LogP contribution in [0, 0.1) is 17.0 Å². The lowest BCUT2D eigenvalue weighted by atomic mass is 10.0. The van der Waals surface area contributed by atoms with Gasteiger partial charge in [-0.25, -0.2) is 0 Å². The predicted octanol–water partition coefficient (Wildman–Crippen LogP) is 3.12. The smallest absolute Gasteiger partial charge is 0.274 e. The van der Waals surface area contributed by atoms with Gasteiger partial charge in [-0.15, -0.1) is 0 Å². The SMILES string of the molecule is COc1ccc(C(CC(=O)Nc2ccc(C)c([N+](=O)[O-])c2)NC(C)=O)cc1. The number of nitrogens with one attached hydrogen (secondary N) is 2. The number of aryl methyl sites for hydroxylation is 1. The number of nitrogens with zero attached hydrogens (tertiary/aromatic N) is 1. The summed E-state index contributed by atoms with van der Waals surface area (Å²) in [7, 11) is 1.55. The summed E-state index contributed by atoms with van der Waals surface area (Å²) in [5.74, 6) is 0.0223. The second kappa shape index (κ2) is 8.79. The van der Waals surface area contributed by atoms with Crippen molar-refractivity contribution in [3.63, 3.8) is 0 Å². The minimum Gasteiger partial charge on any atom is -0.497 e. The highest BCUT2D eigenvalue weighted by Crippen LogP contribution is 2.24. The Bertz CT molecular complexity index is 849. The number of amides is 2. The van der Waals surface area contributed by atoms with Gasteiger partial charge in [0, 0.05) is 24.2 Å². The second-order valence-electron chi connectivity index (χ2n) is 6.04. The Labute approximate surface area is 156 Å². The Morgan fingerprint density at radius 2 is 1.85 bits per heavy atom. The topological polar surface area (TPSA) is 111 Å². The van der Waals surface area contributed by atoms with Crippen molar-refractivity contribution in [1.82, 2.24) is 5.32 Å². The molecular formula is C19H21N3O5. The van der Waals surface area contributed by atoms with E-state index in [4.69, 9.17) is 4.74 Å². The van der Waals surface area contributed by atoms with Crippen LogP contribution in [0.15, 0.2) is 42.5 Å². The van der Waals surface area contributed by atoms with Gasteiger partial charge in [0.25, 0.3) is 5.69 Å². The molecule has 0 aromatic heterocycles. The molecule has 142 valence electrons. The zero-order valence-corrected chi connectivity index (χ0v) is 15.3. The molecule has 8 nitrogen and oxygen atoms in total. The zero-order valence-electron chi connectivity index (χ0n) is 15.3. The molecule has 2 amide bonds. The summed E-state index contributed by atoms with van der Waals surface area (Å²) in [6.45, 7) is 3.00. The number of carbonyl (C=O) groups excluding carboxylic acids is 2. The summed E-state index contributed by atoms with van der Waals surface area (Å²) < 4.78 is 5.11. The first kappa shape index (κ1) is 19.9. The minimum absolute atomic E-state index is 0.0203. The van der Waals surface area contributed by atoms with E-state index < -0.39 is 11.0 Å². The number of nitro groups is 1. The van der Waals surface area contributed by atoms with Gasteiger partial charge in [0.05, 0.1) is 24.5 Å². The molecule has 0 aliphatic carbocycles. The number of hydrogen-bond acceptors (Lipinski definition) is 5. The van der Waals surface area contributed by atoms with E-state index in [0.29, 0.717) is 17.0 Å². The molecule has 0 fully saturated rings. The number of anilines is 1. The molecule has 27 heavy (non-hydrogen) atoms. The number of benzene rings is 2. The fourth-order valence-corrected chi connectivity index (χ4v) is 2.62. The van der Waals surface area contributed by atoms with Gasteiger partial charge in [0.2, 0.25) is 11.8 Å². The highest BCUT2D eigenvalue weighted by Gasteiger charge is 2.18. The van der Waals surface area contributed by atoms with Gasteiger partial charge in [0.15, 0.2) is 0 Å². The van der Waals surface area contributed by atoms with Gasteiger partial charge >= 0.3 is 0 Å². The number of rotatable bonds is 7. The van der Waals surface area contributed by atoms with E-state index in [1.54, 1.807) is 50.4 Å². The number of hydrogen-bond donors (Lipinski definition) is 2. The number of ether oxygens (including phenoxy) is 1. The van der Waals surface area contributed by atoms with Crippen LogP contribution in [0.2, 0.25) is 0 Å². The van der Waals surface area contributed by atoms with Crippen molar-refractivity contribution in [2.45, 2.75) is 26.3 Å². The number of carbonyl (C=O) groups is 2. The molecular weight excluding hydrogens is 350 g/mol. The first-order chi connectivity index (χ1) is 12.8. The van der Waals surface area contributed by atoms with Crippen molar-refractivity contribution in [2.75, 3.05) is 12.4 Å². The monoisotopic (exact) mass is 371 g/mol. The zero-order chi connectivity index (χ0) is 20.0. The van der Waals surface area contributed by atoms with E-state index in [9.17, 15) is 19.7 Å². The maximum Gasteiger partial charge on any atom is 0.274 e. The summed E-state index contributed by atoms with van der Waals surface area (Å²) in [4.78, 5) is 34.4. The van der Waals surface area contributed by atoms with E-state index >= 15 is 0 Å². The second-order valence-corrected chi connectivity index (χ2v) is 6.04. The van der Waals surface area contributed by atoms with Crippen LogP contribution in [0.1, 0.15) is 30.5 Å². The lowest BCUT2D eigenvalue weighted by molar-refractivity contribution is -0.385. The van der Waals surface area contributed by atoms with Crippen molar-refractivity contribution < 1.29 is 19.2 Å². The molecule has 0 aliphatic heterocycles. The van der Waals surface area contributed by atoms with Gasteiger partial charge < -0.3 is 15.4 Å². The molecule has 2 N–H and O–H groups in total. The third-order valence-electron chi connectivity index (χ3n) is 3.97. The van der Waals surface area contributed by atoms with Crippen LogP contribution >= 0.6 is 0 Å². The molecule has 1 unspecified atom stereocenters. The average molecular weight is 371 g/mol. The van der Waals surface area contributed by atoms with Crippen LogP contribution in [-0.2, 0) is 9.59 Å². The molecule has 8 heteroatoms. The molecule has 2 rings (SSSR count). The normalized spacial score (nSPS) is 11.4. The standard InChI is InChI=1S/C19H21N3O5/c1-12-4-7-15(10-18(12)22(25)26)21-19(24)11-17(20-13(2)23)14-5-8-16(27-3)9-6-14/h4-10,17H,11H2,1-3H3,(H,20,23)(H,21,24). The average Bonchev–Trinajstić information content (AvgIpc) is 2.62. The summed E-state index contributed by atoms with van der Waals surface area (Å²) in [5, 5.41) is 16.4. The quantitative estimate of drug-likeness (QED) is 0.574. The van der Waals surface area contributed by atoms with Crippen LogP contribution < -0.4 is 15.4 Å². The van der Waals surface area contributed by atoms with Crippen molar-refractivity contribution in [3.8, 4) is 5.75 Å². The summed E-state index contributed by atoms with van der Waals surface area (Å²) in [5.41, 5.74) is 1.51. The van der Waals surface area contributed by atoms with E-state index in [0.717, 1.165) is 5.56 Å². The third-order valence-corrected chi connectivity index (χ3v) is 3.97. The Balaban J connectivity index is 2.14. The molecule has 0 aliphatic rings. The lowest BCUT2D eigenvalue weighted by Crippen LogP contribution is -2.29. The first-order valence-electron chi connectivity index (χ1n) is 8.26. The molecule has 1 atom stereocenters. The molecule has 0 saturated carbocycles. The number of methoxy groups -OCH3 is 1. The maximum absolute atomic E-state index is 12.4. The maximum atomic E-state index is 12.4. The van der Waals surface area contributed by atoms with E-state index in [1.807, 2.05) is 0 Å². The molecule has 2 aromatic rings. The molecule has 2 aromatic carbocycles. The molecule has 0 spiro atoms. The fraction of sp³-hybridized carbons (Fsp3) is 0.263. The lowest BCUT2D eigenvalue weighted by Gasteiger charge is -2.18. The summed E-state index contributed by atoms with van der Waals surface area (Å²) in [6.07, 6.45) is -0.0203. The molecule has 0 bridgehead atoms. The Morgan fingerprint density at radius 3 is 2.41 bits per heavy atom. The van der Waals surface area contributed by atoms with Gasteiger partial charge in [-0.3, -0.25) is 19.7 Å². The first-order valence-corrected chi connectivity index (χ1v) is 8.26. The fourth-order valence-electron chi connectivity index (χ4n) is 2.62. The van der Waals surface area contributed by atoms with E-state index in [1.165, 1.54) is 13.0 Å². The van der Waals surface area contributed by atoms with Gasteiger partial charge in [-0.1, -0.05) is 18.2 Å². The van der Waals surface area contributed by atoms with Crippen molar-refractivity contribution in [3.05, 3.63) is 63.7 Å². The van der Waals surface area contributed by atoms with Gasteiger partial charge in [0.1, 0.15) is 5.75 Å². The predicted molar refractivity (Wildman–Crippen MR) is 101 cm³/mol. The largest absolute Gasteiger partial charge is 0.497 e. The van der Waals surface area contributed by atoms with Crippen LogP contribution in [0.5, 0.6) is 5.75 Å². The summed E-state index contributed by atoms with van der Waals surface area (Å²) in [6, 6.07) is 11.0. The molecule has 0 saturated heterocycles.